The number of nitrogens with one attached hydrogen (secondary N) is 1. The number of carbonyl (C=O) groups is 1. The van der Waals surface area contributed by atoms with E-state index < -0.39 is 0 Å². The van der Waals surface area contributed by atoms with Crippen LogP contribution in [0.3, 0.4) is 0 Å². The van der Waals surface area contributed by atoms with Crippen LogP contribution < -0.4 is 10.1 Å². The summed E-state index contributed by atoms with van der Waals surface area (Å²) in [6, 6.07) is 10.9. The van der Waals surface area contributed by atoms with Crippen LogP contribution in [0.1, 0.15) is 21.6 Å². The number of hydrogen-bond acceptors (Lipinski definition) is 5. The molecular formula is C17H15N3O2S. The molecule has 0 saturated carbocycles. The highest BCUT2D eigenvalue weighted by Crippen LogP contribution is 2.19. The topological polar surface area (TPSA) is 64.1 Å². The van der Waals surface area contributed by atoms with E-state index in [0.29, 0.717) is 24.5 Å². The summed E-state index contributed by atoms with van der Waals surface area (Å²) < 4.78 is 5.73. The fourth-order valence-electron chi connectivity index (χ4n) is 2.02. The zero-order valence-electron chi connectivity index (χ0n) is 12.3. The van der Waals surface area contributed by atoms with E-state index in [9.17, 15) is 4.79 Å². The van der Waals surface area contributed by atoms with Crippen molar-refractivity contribution in [2.75, 3.05) is 0 Å². The summed E-state index contributed by atoms with van der Waals surface area (Å²) in [5.74, 6) is 0.378. The summed E-state index contributed by atoms with van der Waals surface area (Å²) in [5, 5.41) is 4.81. The number of nitrogens with zero attached hydrogens (tertiary/aromatic N) is 2. The summed E-state index contributed by atoms with van der Waals surface area (Å²) in [5.41, 5.74) is 4.11. The van der Waals surface area contributed by atoms with Gasteiger partial charge in [0.15, 0.2) is 0 Å². The van der Waals surface area contributed by atoms with Crippen LogP contribution in [0, 0.1) is 0 Å². The molecule has 1 amide bonds. The molecule has 2 heterocycles. The quantitative estimate of drug-likeness (QED) is 0.756. The van der Waals surface area contributed by atoms with E-state index in [-0.39, 0.29) is 5.91 Å². The van der Waals surface area contributed by atoms with Gasteiger partial charge in [0, 0.05) is 24.3 Å². The van der Waals surface area contributed by atoms with Gasteiger partial charge in [-0.05, 0) is 29.8 Å². The Morgan fingerprint density at radius 3 is 2.78 bits per heavy atom. The van der Waals surface area contributed by atoms with E-state index in [0.717, 1.165) is 11.3 Å². The van der Waals surface area contributed by atoms with Gasteiger partial charge in [-0.3, -0.25) is 9.78 Å². The molecule has 1 aromatic carbocycles. The normalized spacial score (nSPS) is 10.3. The van der Waals surface area contributed by atoms with Crippen molar-refractivity contribution < 1.29 is 9.53 Å². The average molecular weight is 325 g/mol. The lowest BCUT2D eigenvalue weighted by molar-refractivity contribution is 0.0946. The lowest BCUT2D eigenvalue weighted by Gasteiger charge is -2.11. The first-order chi connectivity index (χ1) is 11.3. The van der Waals surface area contributed by atoms with Gasteiger partial charge in [-0.15, -0.1) is 11.3 Å². The first kappa shape index (κ1) is 15.2. The Morgan fingerprint density at radius 1 is 1.17 bits per heavy atom. The molecule has 0 atom stereocenters. The van der Waals surface area contributed by atoms with Crippen molar-refractivity contribution in [2.45, 2.75) is 13.2 Å². The predicted octanol–water partition coefficient (Wildman–Crippen LogP) is 3.05. The lowest BCUT2D eigenvalue weighted by Crippen LogP contribution is -2.23. The van der Waals surface area contributed by atoms with Gasteiger partial charge in [0.25, 0.3) is 5.91 Å². The summed E-state index contributed by atoms with van der Waals surface area (Å²) in [4.78, 5) is 20.5. The van der Waals surface area contributed by atoms with Gasteiger partial charge < -0.3 is 10.1 Å². The Hall–Kier alpha value is -2.73. The second kappa shape index (κ2) is 7.51. The molecule has 5 nitrogen and oxygen atoms in total. The largest absolute Gasteiger partial charge is 0.486 e. The van der Waals surface area contributed by atoms with Crippen molar-refractivity contribution in [3.05, 3.63) is 76.5 Å². The zero-order chi connectivity index (χ0) is 15.9. The van der Waals surface area contributed by atoms with Gasteiger partial charge in [-0.2, -0.15) is 0 Å². The summed E-state index contributed by atoms with van der Waals surface area (Å²) in [6.07, 6.45) is 3.40. The number of para-hydroxylation sites is 1. The van der Waals surface area contributed by atoms with Gasteiger partial charge in [-0.1, -0.05) is 12.1 Å². The zero-order valence-corrected chi connectivity index (χ0v) is 13.1. The number of ether oxygens (including phenoxy) is 1. The number of thiazole rings is 1. The summed E-state index contributed by atoms with van der Waals surface area (Å²) in [7, 11) is 0. The van der Waals surface area contributed by atoms with Crippen LogP contribution in [-0.2, 0) is 13.2 Å². The second-order valence-corrected chi connectivity index (χ2v) is 5.52. The molecule has 0 radical (unpaired) electrons. The number of aromatic nitrogens is 2. The Kier molecular flexibility index (Phi) is 4.95. The van der Waals surface area contributed by atoms with E-state index in [1.807, 2.05) is 29.6 Å². The number of benzene rings is 1. The van der Waals surface area contributed by atoms with E-state index in [2.05, 4.69) is 15.3 Å². The molecule has 0 saturated heterocycles. The van der Waals surface area contributed by atoms with Gasteiger partial charge in [0.05, 0.1) is 16.8 Å². The SMILES string of the molecule is O=C(NCc1ccncc1)c1ccccc1OCc1cscn1. The van der Waals surface area contributed by atoms with Crippen LogP contribution in [0.2, 0.25) is 0 Å². The lowest BCUT2D eigenvalue weighted by atomic mass is 10.2. The van der Waals surface area contributed by atoms with Crippen molar-refractivity contribution in [3.63, 3.8) is 0 Å². The fourth-order valence-corrected chi connectivity index (χ4v) is 2.56. The molecule has 3 rings (SSSR count). The molecule has 1 N–H and O–H groups in total. The van der Waals surface area contributed by atoms with Crippen molar-refractivity contribution in [2.24, 2.45) is 0 Å². The first-order valence-corrected chi connectivity index (χ1v) is 8.03. The van der Waals surface area contributed by atoms with Crippen molar-refractivity contribution in [1.29, 1.82) is 0 Å². The van der Waals surface area contributed by atoms with Gasteiger partial charge in [-0.25, -0.2) is 4.98 Å². The Balaban J connectivity index is 1.65. The standard InChI is InChI=1S/C17H15N3O2S/c21-17(19-9-13-5-7-18-8-6-13)15-3-1-2-4-16(15)22-10-14-11-23-12-20-14/h1-8,11-12H,9-10H2,(H,19,21). The minimum Gasteiger partial charge on any atom is -0.486 e. The van der Waals surface area contributed by atoms with E-state index in [4.69, 9.17) is 4.74 Å². The smallest absolute Gasteiger partial charge is 0.255 e. The molecule has 0 fully saturated rings. The third-order valence-corrected chi connectivity index (χ3v) is 3.83. The molecule has 0 bridgehead atoms. The monoisotopic (exact) mass is 325 g/mol. The van der Waals surface area contributed by atoms with Crippen LogP contribution in [0.4, 0.5) is 0 Å². The molecule has 0 aliphatic carbocycles. The second-order valence-electron chi connectivity index (χ2n) is 4.80. The maximum Gasteiger partial charge on any atom is 0.255 e. The maximum atomic E-state index is 12.4. The Morgan fingerprint density at radius 2 is 2.00 bits per heavy atom. The first-order valence-electron chi connectivity index (χ1n) is 7.09. The van der Waals surface area contributed by atoms with E-state index in [1.165, 1.54) is 11.3 Å². The number of hydrogen-bond donors (Lipinski definition) is 1. The van der Waals surface area contributed by atoms with Crippen LogP contribution in [0.15, 0.2) is 59.7 Å². The number of pyridine rings is 1. The van der Waals surface area contributed by atoms with Crippen LogP contribution in [0.25, 0.3) is 0 Å². The molecule has 2 aromatic heterocycles. The van der Waals surface area contributed by atoms with Gasteiger partial charge in [0.2, 0.25) is 0 Å². The van der Waals surface area contributed by atoms with Crippen molar-refractivity contribution in [1.82, 2.24) is 15.3 Å². The third-order valence-electron chi connectivity index (χ3n) is 3.19. The summed E-state index contributed by atoms with van der Waals surface area (Å²) >= 11 is 1.52. The third kappa shape index (κ3) is 4.14. The average Bonchev–Trinajstić information content (AvgIpc) is 3.12. The van der Waals surface area contributed by atoms with Crippen LogP contribution >= 0.6 is 11.3 Å². The maximum absolute atomic E-state index is 12.4. The minimum absolute atomic E-state index is 0.171. The van der Waals surface area contributed by atoms with E-state index >= 15 is 0 Å². The molecule has 0 aliphatic heterocycles. The Labute approximate surface area is 138 Å². The molecule has 116 valence electrons. The van der Waals surface area contributed by atoms with E-state index in [1.54, 1.807) is 30.0 Å². The number of carbonyl (C=O) groups excluding carboxylic acids is 1. The molecule has 3 aromatic rings. The summed E-state index contributed by atoms with van der Waals surface area (Å²) in [6.45, 7) is 0.792. The minimum atomic E-state index is -0.171. The number of rotatable bonds is 6. The van der Waals surface area contributed by atoms with Crippen molar-refractivity contribution >= 4 is 17.2 Å². The fraction of sp³-hybridized carbons (Fsp3) is 0.118. The van der Waals surface area contributed by atoms with Crippen LogP contribution in [0.5, 0.6) is 5.75 Å². The predicted molar refractivity (Wildman–Crippen MR) is 88.3 cm³/mol. The molecule has 6 heteroatoms. The van der Waals surface area contributed by atoms with Crippen molar-refractivity contribution in [3.8, 4) is 5.75 Å². The highest BCUT2D eigenvalue weighted by atomic mass is 32.1. The highest BCUT2D eigenvalue weighted by Gasteiger charge is 2.12. The molecule has 0 spiro atoms. The molecule has 23 heavy (non-hydrogen) atoms. The molecule has 0 aliphatic rings. The van der Waals surface area contributed by atoms with Gasteiger partial charge >= 0.3 is 0 Å². The van der Waals surface area contributed by atoms with Crippen LogP contribution in [-0.4, -0.2) is 15.9 Å². The molecular weight excluding hydrogens is 310 g/mol. The molecule has 0 unspecified atom stereocenters. The Bertz CT molecular complexity index is 761. The van der Waals surface area contributed by atoms with Gasteiger partial charge in [0.1, 0.15) is 12.4 Å². The highest BCUT2D eigenvalue weighted by molar-refractivity contribution is 7.07. The number of amides is 1.